The van der Waals surface area contributed by atoms with Crippen molar-refractivity contribution in [2.24, 2.45) is 0 Å². The molecule has 1 aromatic carbocycles. The van der Waals surface area contributed by atoms with Crippen LogP contribution in [0.25, 0.3) is 0 Å². The third kappa shape index (κ3) is 5.30. The summed E-state index contributed by atoms with van der Waals surface area (Å²) in [5.41, 5.74) is 1.39. The van der Waals surface area contributed by atoms with Gasteiger partial charge in [-0.25, -0.2) is 4.79 Å². The highest BCUT2D eigenvalue weighted by Gasteiger charge is 2.15. The van der Waals surface area contributed by atoms with Gasteiger partial charge in [0, 0.05) is 11.1 Å². The first kappa shape index (κ1) is 16.8. The highest BCUT2D eigenvalue weighted by molar-refractivity contribution is 6.01. The minimum absolute atomic E-state index is 0.0409. The first-order chi connectivity index (χ1) is 9.81. The van der Waals surface area contributed by atoms with Gasteiger partial charge in [-0.15, -0.1) is 0 Å². The van der Waals surface area contributed by atoms with Crippen LogP contribution in [0.1, 0.15) is 26.3 Å². The van der Waals surface area contributed by atoms with Gasteiger partial charge in [-0.1, -0.05) is 17.7 Å². The first-order valence-electron chi connectivity index (χ1n) is 6.72. The van der Waals surface area contributed by atoms with Crippen LogP contribution in [-0.2, 0) is 9.59 Å². The maximum Gasteiger partial charge on any atom is 0.331 e. The van der Waals surface area contributed by atoms with Crippen molar-refractivity contribution < 1.29 is 19.4 Å². The van der Waals surface area contributed by atoms with Crippen LogP contribution in [-0.4, -0.2) is 29.6 Å². The van der Waals surface area contributed by atoms with Gasteiger partial charge in [0.2, 0.25) is 5.91 Å². The molecule has 1 rings (SSSR count). The normalized spacial score (nSPS) is 13.1. The van der Waals surface area contributed by atoms with Gasteiger partial charge < -0.3 is 15.2 Å². The topological polar surface area (TPSA) is 75.6 Å². The summed E-state index contributed by atoms with van der Waals surface area (Å²) in [6.07, 6.45) is 0. The molecule has 1 atom stereocenters. The average Bonchev–Trinajstić information content (AvgIpc) is 2.44. The van der Waals surface area contributed by atoms with Crippen molar-refractivity contribution in [3.05, 3.63) is 41.0 Å². The van der Waals surface area contributed by atoms with Crippen LogP contribution < -0.4 is 10.1 Å². The fourth-order valence-electron chi connectivity index (χ4n) is 1.56. The van der Waals surface area contributed by atoms with Crippen molar-refractivity contribution in [1.29, 1.82) is 0 Å². The molecular weight excluding hydrogens is 270 g/mol. The second-order valence-corrected chi connectivity index (χ2v) is 5.05. The predicted octanol–water partition coefficient (Wildman–Crippen LogP) is 2.30. The average molecular weight is 291 g/mol. The number of carbonyl (C=O) groups is 2. The van der Waals surface area contributed by atoms with Crippen LogP contribution in [0, 0.1) is 6.92 Å². The number of amides is 1. The van der Waals surface area contributed by atoms with Gasteiger partial charge >= 0.3 is 5.97 Å². The highest BCUT2D eigenvalue weighted by atomic mass is 16.5. The van der Waals surface area contributed by atoms with E-state index in [2.05, 4.69) is 5.32 Å². The maximum atomic E-state index is 11.9. The Hall–Kier alpha value is -2.30. The molecule has 0 spiro atoms. The quantitative estimate of drug-likeness (QED) is 0.789. The fourth-order valence-corrected chi connectivity index (χ4v) is 1.56. The monoisotopic (exact) mass is 291 g/mol. The molecule has 1 aromatic rings. The van der Waals surface area contributed by atoms with Crippen LogP contribution in [0.5, 0.6) is 5.75 Å². The Kier molecular flexibility index (Phi) is 5.96. The van der Waals surface area contributed by atoms with E-state index in [0.717, 1.165) is 11.3 Å². The van der Waals surface area contributed by atoms with Crippen molar-refractivity contribution in [2.75, 3.05) is 6.61 Å². The van der Waals surface area contributed by atoms with E-state index in [-0.39, 0.29) is 17.2 Å². The Bertz CT molecular complexity index is 546. The van der Waals surface area contributed by atoms with Crippen molar-refractivity contribution in [1.82, 2.24) is 5.32 Å². The molecule has 0 aliphatic rings. The Balaban J connectivity index is 2.52. The van der Waals surface area contributed by atoms with Crippen molar-refractivity contribution >= 4 is 11.9 Å². The molecule has 0 saturated carbocycles. The van der Waals surface area contributed by atoms with E-state index in [4.69, 9.17) is 9.84 Å². The molecule has 0 aliphatic heterocycles. The standard InChI is InChI=1S/C16H21NO4/c1-10-5-7-14(8-6-10)21-9-11(2)17-15(18)12(3)13(4)16(19)20/h5-8,11H,9H2,1-4H3,(H,17,18)(H,19,20). The molecule has 0 aliphatic carbocycles. The van der Waals surface area contributed by atoms with E-state index in [1.165, 1.54) is 13.8 Å². The number of ether oxygens (including phenoxy) is 1. The molecule has 0 bridgehead atoms. The molecule has 2 N–H and O–H groups in total. The summed E-state index contributed by atoms with van der Waals surface area (Å²) < 4.78 is 5.56. The Morgan fingerprint density at radius 3 is 2.29 bits per heavy atom. The lowest BCUT2D eigenvalue weighted by Gasteiger charge is -2.16. The minimum atomic E-state index is -1.09. The zero-order valence-electron chi connectivity index (χ0n) is 12.8. The van der Waals surface area contributed by atoms with Gasteiger partial charge in [0.1, 0.15) is 12.4 Å². The Morgan fingerprint density at radius 2 is 1.76 bits per heavy atom. The summed E-state index contributed by atoms with van der Waals surface area (Å²) in [6.45, 7) is 7.01. The lowest BCUT2D eigenvalue weighted by molar-refractivity contribution is -0.133. The maximum absolute atomic E-state index is 11.9. The van der Waals surface area contributed by atoms with Crippen LogP contribution in [0.3, 0.4) is 0 Å². The number of aliphatic carboxylic acids is 1. The molecular formula is C16H21NO4. The molecule has 0 heterocycles. The second-order valence-electron chi connectivity index (χ2n) is 5.05. The molecule has 0 radical (unpaired) electrons. The van der Waals surface area contributed by atoms with Crippen LogP contribution in [0.4, 0.5) is 0 Å². The molecule has 0 saturated heterocycles. The lowest BCUT2D eigenvalue weighted by Crippen LogP contribution is -2.37. The van der Waals surface area contributed by atoms with Gasteiger partial charge in [-0.05, 0) is 39.8 Å². The Morgan fingerprint density at radius 1 is 1.19 bits per heavy atom. The molecule has 5 nitrogen and oxygen atoms in total. The van der Waals surface area contributed by atoms with Crippen molar-refractivity contribution in [3.63, 3.8) is 0 Å². The van der Waals surface area contributed by atoms with Crippen LogP contribution in [0.2, 0.25) is 0 Å². The van der Waals surface area contributed by atoms with Crippen LogP contribution in [0.15, 0.2) is 35.4 Å². The second kappa shape index (κ2) is 7.47. The number of carboxylic acid groups (broad SMARTS) is 1. The largest absolute Gasteiger partial charge is 0.491 e. The number of hydrogen-bond acceptors (Lipinski definition) is 3. The molecule has 21 heavy (non-hydrogen) atoms. The molecule has 0 aromatic heterocycles. The summed E-state index contributed by atoms with van der Waals surface area (Å²) in [5, 5.41) is 11.6. The lowest BCUT2D eigenvalue weighted by atomic mass is 10.1. The van der Waals surface area contributed by atoms with E-state index in [9.17, 15) is 9.59 Å². The molecule has 5 heteroatoms. The summed E-state index contributed by atoms with van der Waals surface area (Å²) in [6, 6.07) is 7.40. The van der Waals surface area contributed by atoms with Gasteiger partial charge in [-0.2, -0.15) is 0 Å². The zero-order chi connectivity index (χ0) is 16.0. The summed E-state index contributed by atoms with van der Waals surface area (Å²) in [5.74, 6) is -0.753. The van der Waals surface area contributed by atoms with Crippen molar-refractivity contribution in [3.8, 4) is 5.75 Å². The van der Waals surface area contributed by atoms with E-state index in [1.807, 2.05) is 31.2 Å². The third-order valence-electron chi connectivity index (χ3n) is 3.12. The summed E-state index contributed by atoms with van der Waals surface area (Å²) >= 11 is 0. The number of rotatable bonds is 6. The number of carboxylic acids is 1. The fraction of sp³-hybridized carbons (Fsp3) is 0.375. The summed E-state index contributed by atoms with van der Waals surface area (Å²) in [7, 11) is 0. The SMILES string of the molecule is CC(C(=O)O)=C(C)C(=O)NC(C)COc1ccc(C)cc1. The number of nitrogens with one attached hydrogen (secondary N) is 1. The van der Waals surface area contributed by atoms with E-state index >= 15 is 0 Å². The van der Waals surface area contributed by atoms with Crippen LogP contribution >= 0.6 is 0 Å². The third-order valence-corrected chi connectivity index (χ3v) is 3.12. The molecule has 1 unspecified atom stereocenters. The predicted molar refractivity (Wildman–Crippen MR) is 80.3 cm³/mol. The molecule has 0 fully saturated rings. The minimum Gasteiger partial charge on any atom is -0.491 e. The van der Waals surface area contributed by atoms with Crippen molar-refractivity contribution in [2.45, 2.75) is 33.7 Å². The van der Waals surface area contributed by atoms with Gasteiger partial charge in [0.05, 0.1) is 6.04 Å². The highest BCUT2D eigenvalue weighted by Crippen LogP contribution is 2.11. The van der Waals surface area contributed by atoms with E-state index in [1.54, 1.807) is 6.92 Å². The van der Waals surface area contributed by atoms with E-state index in [0.29, 0.717) is 6.61 Å². The van der Waals surface area contributed by atoms with Gasteiger partial charge in [0.15, 0.2) is 0 Å². The molecule has 1 amide bonds. The van der Waals surface area contributed by atoms with Gasteiger partial charge in [-0.3, -0.25) is 4.79 Å². The van der Waals surface area contributed by atoms with Gasteiger partial charge in [0.25, 0.3) is 0 Å². The summed E-state index contributed by atoms with van der Waals surface area (Å²) in [4.78, 5) is 22.7. The molecule has 114 valence electrons. The Labute approximate surface area is 124 Å². The number of carbonyl (C=O) groups excluding carboxylic acids is 1. The number of hydrogen-bond donors (Lipinski definition) is 2. The zero-order valence-corrected chi connectivity index (χ0v) is 12.8. The smallest absolute Gasteiger partial charge is 0.331 e. The van der Waals surface area contributed by atoms with E-state index < -0.39 is 11.9 Å². The number of benzene rings is 1. The first-order valence-corrected chi connectivity index (χ1v) is 6.72. The number of aryl methyl sites for hydroxylation is 1.